The highest BCUT2D eigenvalue weighted by molar-refractivity contribution is 6.03. The number of nitrogens with zero attached hydrogens (tertiary/aromatic N) is 1. The number of hydrogen-bond acceptors (Lipinski definition) is 5. The zero-order chi connectivity index (χ0) is 23.5. The lowest BCUT2D eigenvalue weighted by Crippen LogP contribution is -2.16. The number of pyridine rings is 1. The maximum atomic E-state index is 12.5. The van der Waals surface area contributed by atoms with Crippen LogP contribution in [0.5, 0.6) is 17.2 Å². The molecule has 0 aliphatic carbocycles. The van der Waals surface area contributed by atoms with Crippen LogP contribution in [0.15, 0.2) is 85.2 Å². The van der Waals surface area contributed by atoms with Crippen molar-refractivity contribution >= 4 is 11.7 Å². The zero-order valence-electron chi connectivity index (χ0n) is 18.4. The van der Waals surface area contributed by atoms with Gasteiger partial charge in [0.1, 0.15) is 17.2 Å². The predicted octanol–water partition coefficient (Wildman–Crippen LogP) is 5.20. The highest BCUT2D eigenvalue weighted by atomic mass is 16.5. The highest BCUT2D eigenvalue weighted by Crippen LogP contribution is 2.45. The summed E-state index contributed by atoms with van der Waals surface area (Å²) in [7, 11) is 0. The molecule has 0 unspecified atom stereocenters. The van der Waals surface area contributed by atoms with Crippen LogP contribution in [-0.2, 0) is 6.42 Å². The van der Waals surface area contributed by atoms with Gasteiger partial charge < -0.3 is 15.2 Å². The fourth-order valence-corrected chi connectivity index (χ4v) is 4.18. The van der Waals surface area contributed by atoms with Crippen molar-refractivity contribution in [3.63, 3.8) is 0 Å². The lowest BCUT2D eigenvalue weighted by atomic mass is 9.95. The molecule has 2 heterocycles. The van der Waals surface area contributed by atoms with E-state index in [2.05, 4.69) is 4.98 Å². The lowest BCUT2D eigenvalue weighted by Gasteiger charge is -2.23. The average molecular weight is 450 g/mol. The van der Waals surface area contributed by atoms with Crippen LogP contribution in [0.25, 0.3) is 11.1 Å². The number of benzene rings is 3. The number of ether oxygens (including phenoxy) is 2. The van der Waals surface area contributed by atoms with Crippen LogP contribution in [0.2, 0.25) is 0 Å². The monoisotopic (exact) mass is 450 g/mol. The Morgan fingerprint density at radius 1 is 0.941 bits per heavy atom. The van der Waals surface area contributed by atoms with Crippen LogP contribution in [0, 0.1) is 0 Å². The number of rotatable bonds is 6. The van der Waals surface area contributed by atoms with E-state index in [9.17, 15) is 9.59 Å². The minimum absolute atomic E-state index is 0.0408. The number of carbonyl (C=O) groups is 2. The van der Waals surface area contributed by atoms with E-state index >= 15 is 0 Å². The molecule has 1 aromatic heterocycles. The van der Waals surface area contributed by atoms with Gasteiger partial charge in [-0.15, -0.1) is 0 Å². The summed E-state index contributed by atoms with van der Waals surface area (Å²) in [6.07, 6.45) is 4.19. The number of aromatic nitrogens is 1. The van der Waals surface area contributed by atoms with Gasteiger partial charge in [-0.2, -0.15) is 0 Å². The highest BCUT2D eigenvalue weighted by Gasteiger charge is 2.26. The summed E-state index contributed by atoms with van der Waals surface area (Å²) >= 11 is 0. The summed E-state index contributed by atoms with van der Waals surface area (Å²) in [6, 6.07) is 22.2. The molecule has 5 rings (SSSR count). The summed E-state index contributed by atoms with van der Waals surface area (Å²) < 4.78 is 12.4. The summed E-state index contributed by atoms with van der Waals surface area (Å²) in [4.78, 5) is 28.8. The lowest BCUT2D eigenvalue weighted by molar-refractivity contribution is 0.0932. The molecule has 4 aromatic rings. The van der Waals surface area contributed by atoms with Crippen molar-refractivity contribution in [1.29, 1.82) is 0 Å². The van der Waals surface area contributed by atoms with Crippen LogP contribution in [0.3, 0.4) is 0 Å². The number of primary amides is 1. The molecule has 1 aliphatic rings. The molecule has 3 aromatic carbocycles. The second kappa shape index (κ2) is 9.19. The van der Waals surface area contributed by atoms with Gasteiger partial charge in [-0.3, -0.25) is 14.6 Å². The molecular weight excluding hydrogens is 428 g/mol. The Bertz CT molecular complexity index is 1370. The SMILES string of the molecule is NC(=O)c1cccc(Oc2ccc3c(c2-c2ccccc2)OCCC3=O)c1Cc1ccncc1. The molecule has 168 valence electrons. The number of carbonyl (C=O) groups excluding carboxylic acids is 2. The van der Waals surface area contributed by atoms with Crippen LogP contribution in [-0.4, -0.2) is 23.3 Å². The van der Waals surface area contributed by atoms with Gasteiger partial charge >= 0.3 is 0 Å². The first-order valence-electron chi connectivity index (χ1n) is 11.0. The third-order valence-corrected chi connectivity index (χ3v) is 5.81. The number of fused-ring (bicyclic) bond motifs is 1. The Morgan fingerprint density at radius 3 is 2.50 bits per heavy atom. The molecular formula is C28H22N2O4. The van der Waals surface area contributed by atoms with Gasteiger partial charge in [0.15, 0.2) is 5.78 Å². The minimum atomic E-state index is -0.530. The molecule has 1 aliphatic heterocycles. The molecule has 0 bridgehead atoms. The van der Waals surface area contributed by atoms with E-state index in [0.717, 1.165) is 11.1 Å². The first kappa shape index (κ1) is 21.4. The Hall–Kier alpha value is -4.45. The molecule has 6 heteroatoms. The second-order valence-corrected chi connectivity index (χ2v) is 7.98. The summed E-state index contributed by atoms with van der Waals surface area (Å²) in [5.41, 5.74) is 9.83. The molecule has 1 amide bonds. The van der Waals surface area contributed by atoms with Crippen molar-refractivity contribution in [2.24, 2.45) is 5.73 Å². The van der Waals surface area contributed by atoms with Crippen LogP contribution in [0.4, 0.5) is 0 Å². The standard InChI is InChI=1S/C28H22N2O4/c29-28(32)20-7-4-8-24(22(20)17-18-11-14-30-15-12-18)34-25-10-9-21-23(31)13-16-33-27(21)26(25)19-5-2-1-3-6-19/h1-12,14-15H,13,16-17H2,(H2,29,32). The van der Waals surface area contributed by atoms with Crippen molar-refractivity contribution in [3.05, 3.63) is 107 Å². The Balaban J connectivity index is 1.65. The maximum absolute atomic E-state index is 12.5. The molecule has 0 saturated heterocycles. The summed E-state index contributed by atoms with van der Waals surface area (Å²) in [6.45, 7) is 0.319. The molecule has 0 radical (unpaired) electrons. The van der Waals surface area contributed by atoms with Crippen molar-refractivity contribution in [2.45, 2.75) is 12.8 Å². The minimum Gasteiger partial charge on any atom is -0.492 e. The van der Waals surface area contributed by atoms with E-state index in [1.165, 1.54) is 0 Å². The van der Waals surface area contributed by atoms with Gasteiger partial charge in [0.25, 0.3) is 0 Å². The quantitative estimate of drug-likeness (QED) is 0.436. The smallest absolute Gasteiger partial charge is 0.249 e. The van der Waals surface area contributed by atoms with Crippen molar-refractivity contribution in [3.8, 4) is 28.4 Å². The number of Topliss-reactive ketones (excluding diaryl/α,β-unsaturated/α-hetero) is 1. The van der Waals surface area contributed by atoms with E-state index in [0.29, 0.717) is 59.0 Å². The summed E-state index contributed by atoms with van der Waals surface area (Å²) in [5.74, 6) is 1.06. The number of ketones is 1. The molecule has 34 heavy (non-hydrogen) atoms. The van der Waals surface area contributed by atoms with E-state index in [-0.39, 0.29) is 5.78 Å². The van der Waals surface area contributed by atoms with E-state index in [1.54, 1.807) is 36.7 Å². The third-order valence-electron chi connectivity index (χ3n) is 5.81. The van der Waals surface area contributed by atoms with Gasteiger partial charge in [0.05, 0.1) is 17.7 Å². The molecule has 6 nitrogen and oxygen atoms in total. The number of hydrogen-bond donors (Lipinski definition) is 1. The van der Waals surface area contributed by atoms with Gasteiger partial charge in [0, 0.05) is 36.4 Å². The van der Waals surface area contributed by atoms with E-state index < -0.39 is 5.91 Å². The van der Waals surface area contributed by atoms with Gasteiger partial charge in [-0.1, -0.05) is 36.4 Å². The van der Waals surface area contributed by atoms with Crippen molar-refractivity contribution < 1.29 is 19.1 Å². The van der Waals surface area contributed by atoms with Crippen LogP contribution in [0.1, 0.15) is 38.3 Å². The van der Waals surface area contributed by atoms with Gasteiger partial charge in [-0.05, 0) is 47.5 Å². The van der Waals surface area contributed by atoms with Gasteiger partial charge in [-0.25, -0.2) is 0 Å². The number of nitrogens with two attached hydrogens (primary N) is 1. The fourth-order valence-electron chi connectivity index (χ4n) is 4.18. The fraction of sp³-hybridized carbons (Fsp3) is 0.107. The average Bonchev–Trinajstić information content (AvgIpc) is 2.86. The largest absolute Gasteiger partial charge is 0.492 e. The topological polar surface area (TPSA) is 91.5 Å². The second-order valence-electron chi connectivity index (χ2n) is 7.98. The molecule has 0 spiro atoms. The van der Waals surface area contributed by atoms with Crippen LogP contribution >= 0.6 is 0 Å². The molecule has 0 fully saturated rings. The van der Waals surface area contributed by atoms with Crippen LogP contribution < -0.4 is 15.2 Å². The third kappa shape index (κ3) is 4.13. The van der Waals surface area contributed by atoms with Crippen molar-refractivity contribution in [2.75, 3.05) is 6.61 Å². The number of amides is 1. The predicted molar refractivity (Wildman–Crippen MR) is 128 cm³/mol. The van der Waals surface area contributed by atoms with Crippen molar-refractivity contribution in [1.82, 2.24) is 4.98 Å². The molecule has 2 N–H and O–H groups in total. The Morgan fingerprint density at radius 2 is 1.74 bits per heavy atom. The van der Waals surface area contributed by atoms with E-state index in [4.69, 9.17) is 15.2 Å². The zero-order valence-corrected chi connectivity index (χ0v) is 18.4. The first-order valence-corrected chi connectivity index (χ1v) is 11.0. The normalized spacial score (nSPS) is 12.5. The Kier molecular flexibility index (Phi) is 5.79. The molecule has 0 atom stereocenters. The molecule has 0 saturated carbocycles. The van der Waals surface area contributed by atoms with Gasteiger partial charge in [0.2, 0.25) is 5.91 Å². The summed E-state index contributed by atoms with van der Waals surface area (Å²) in [5, 5.41) is 0. The first-order chi connectivity index (χ1) is 16.6. The maximum Gasteiger partial charge on any atom is 0.249 e. The Labute approximate surface area is 197 Å². The van der Waals surface area contributed by atoms with E-state index in [1.807, 2.05) is 48.5 Å².